The van der Waals surface area contributed by atoms with Crippen LogP contribution in [0, 0.1) is 5.92 Å². The molecule has 0 aliphatic carbocycles. The summed E-state index contributed by atoms with van der Waals surface area (Å²) in [6.07, 6.45) is 3.56. The molecule has 1 aliphatic rings. The van der Waals surface area contributed by atoms with Crippen molar-refractivity contribution in [1.29, 1.82) is 0 Å². The zero-order chi connectivity index (χ0) is 12.3. The Bertz CT molecular complexity index is 437. The van der Waals surface area contributed by atoms with E-state index in [1.165, 1.54) is 0 Å². The Hall–Kier alpha value is -1.61. The highest BCUT2D eigenvalue weighted by atomic mass is 16.5. The van der Waals surface area contributed by atoms with Crippen molar-refractivity contribution in [2.24, 2.45) is 5.92 Å². The van der Waals surface area contributed by atoms with Crippen molar-refractivity contribution in [1.82, 2.24) is 0 Å². The normalized spacial score (nSPS) is 23.4. The highest BCUT2D eigenvalue weighted by Crippen LogP contribution is 2.35. The maximum atomic E-state index is 11.6. The standard InChI is InChI=1S/C14H16O3/c1-10(15)11-7-5-9-17-14(11)12-6-3-4-8-13(12)16-2/h3-8,11,14H,9H2,1-2H3/t11-,14-/m0/s1. The van der Waals surface area contributed by atoms with E-state index in [-0.39, 0.29) is 17.8 Å². The average Bonchev–Trinajstić information content (AvgIpc) is 2.38. The number of hydrogen-bond donors (Lipinski definition) is 0. The number of carbonyl (C=O) groups excluding carboxylic acids is 1. The van der Waals surface area contributed by atoms with Gasteiger partial charge in [0.25, 0.3) is 0 Å². The highest BCUT2D eigenvalue weighted by molar-refractivity contribution is 5.81. The first-order valence-electron chi connectivity index (χ1n) is 5.65. The van der Waals surface area contributed by atoms with Crippen molar-refractivity contribution in [3.8, 4) is 5.75 Å². The Morgan fingerprint density at radius 1 is 1.41 bits per heavy atom. The molecule has 0 spiro atoms. The molecule has 0 fully saturated rings. The van der Waals surface area contributed by atoms with E-state index in [0.29, 0.717) is 6.61 Å². The second-order valence-corrected chi connectivity index (χ2v) is 4.06. The van der Waals surface area contributed by atoms with Gasteiger partial charge in [0.15, 0.2) is 0 Å². The molecule has 0 N–H and O–H groups in total. The van der Waals surface area contributed by atoms with Gasteiger partial charge in [0.2, 0.25) is 0 Å². The zero-order valence-electron chi connectivity index (χ0n) is 10.1. The largest absolute Gasteiger partial charge is 0.496 e. The number of methoxy groups -OCH3 is 1. The molecule has 0 saturated carbocycles. The number of Topliss-reactive ketones (excluding diaryl/α,β-unsaturated/α-hetero) is 1. The van der Waals surface area contributed by atoms with Gasteiger partial charge in [0.1, 0.15) is 11.5 Å². The van der Waals surface area contributed by atoms with Crippen molar-refractivity contribution in [3.05, 3.63) is 42.0 Å². The van der Waals surface area contributed by atoms with E-state index < -0.39 is 0 Å². The van der Waals surface area contributed by atoms with Crippen LogP contribution in [0.3, 0.4) is 0 Å². The zero-order valence-corrected chi connectivity index (χ0v) is 10.1. The van der Waals surface area contributed by atoms with Gasteiger partial charge in [-0.25, -0.2) is 0 Å². The predicted octanol–water partition coefficient (Wildman–Crippen LogP) is 2.53. The van der Waals surface area contributed by atoms with E-state index in [1.54, 1.807) is 14.0 Å². The van der Waals surface area contributed by atoms with Gasteiger partial charge in [-0.05, 0) is 13.0 Å². The molecular weight excluding hydrogens is 216 g/mol. The smallest absolute Gasteiger partial charge is 0.139 e. The Balaban J connectivity index is 2.37. The van der Waals surface area contributed by atoms with Crippen LogP contribution < -0.4 is 4.74 Å². The molecule has 1 aromatic rings. The van der Waals surface area contributed by atoms with Crippen LogP contribution in [0.4, 0.5) is 0 Å². The maximum absolute atomic E-state index is 11.6. The first-order valence-corrected chi connectivity index (χ1v) is 5.65. The molecular formula is C14H16O3. The van der Waals surface area contributed by atoms with Crippen molar-refractivity contribution >= 4 is 5.78 Å². The van der Waals surface area contributed by atoms with Gasteiger partial charge in [-0.1, -0.05) is 30.4 Å². The lowest BCUT2D eigenvalue weighted by Crippen LogP contribution is -2.24. The molecule has 0 amide bonds. The predicted molar refractivity (Wildman–Crippen MR) is 65.0 cm³/mol. The van der Waals surface area contributed by atoms with E-state index in [1.807, 2.05) is 36.4 Å². The first-order chi connectivity index (χ1) is 8.24. The summed E-state index contributed by atoms with van der Waals surface area (Å²) in [6.45, 7) is 2.12. The number of ketones is 1. The fourth-order valence-corrected chi connectivity index (χ4v) is 2.10. The van der Waals surface area contributed by atoms with Gasteiger partial charge >= 0.3 is 0 Å². The summed E-state index contributed by atoms with van der Waals surface area (Å²) in [5.41, 5.74) is 0.930. The van der Waals surface area contributed by atoms with Crippen molar-refractivity contribution in [2.45, 2.75) is 13.0 Å². The van der Waals surface area contributed by atoms with Gasteiger partial charge in [0.05, 0.1) is 25.7 Å². The van der Waals surface area contributed by atoms with Gasteiger partial charge in [0, 0.05) is 5.56 Å². The topological polar surface area (TPSA) is 35.5 Å². The van der Waals surface area contributed by atoms with Crippen molar-refractivity contribution < 1.29 is 14.3 Å². The van der Waals surface area contributed by atoms with Crippen LogP contribution >= 0.6 is 0 Å². The minimum absolute atomic E-state index is 0.108. The SMILES string of the molecule is COc1ccccc1[C@H]1OCC=C[C@H]1C(C)=O. The van der Waals surface area contributed by atoms with Crippen molar-refractivity contribution in [2.75, 3.05) is 13.7 Å². The lowest BCUT2D eigenvalue weighted by molar-refractivity contribution is -0.124. The Kier molecular flexibility index (Phi) is 3.59. The van der Waals surface area contributed by atoms with Crippen molar-refractivity contribution in [3.63, 3.8) is 0 Å². The molecule has 1 heterocycles. The summed E-state index contributed by atoms with van der Waals surface area (Å²) in [5.74, 6) is 0.649. The molecule has 3 nitrogen and oxygen atoms in total. The number of ether oxygens (including phenoxy) is 2. The van der Waals surface area contributed by atoms with Gasteiger partial charge in [-0.15, -0.1) is 0 Å². The number of rotatable bonds is 3. The molecule has 90 valence electrons. The lowest BCUT2D eigenvalue weighted by Gasteiger charge is -2.27. The number of benzene rings is 1. The van der Waals surface area contributed by atoms with Crippen LogP contribution in [0.25, 0.3) is 0 Å². The third-order valence-corrected chi connectivity index (χ3v) is 2.96. The van der Waals surface area contributed by atoms with E-state index in [9.17, 15) is 4.79 Å². The summed E-state index contributed by atoms with van der Waals surface area (Å²) < 4.78 is 11.0. The Morgan fingerprint density at radius 3 is 2.88 bits per heavy atom. The van der Waals surface area contributed by atoms with Crippen LogP contribution in [-0.2, 0) is 9.53 Å². The molecule has 0 saturated heterocycles. The summed E-state index contributed by atoms with van der Waals surface area (Å²) >= 11 is 0. The van der Waals surface area contributed by atoms with E-state index in [0.717, 1.165) is 11.3 Å². The van der Waals surface area contributed by atoms with Crippen LogP contribution in [0.2, 0.25) is 0 Å². The second-order valence-electron chi connectivity index (χ2n) is 4.06. The molecule has 0 bridgehead atoms. The number of hydrogen-bond acceptors (Lipinski definition) is 3. The molecule has 0 aromatic heterocycles. The van der Waals surface area contributed by atoms with E-state index in [2.05, 4.69) is 0 Å². The third kappa shape index (κ3) is 2.39. The first kappa shape index (κ1) is 11.9. The van der Waals surface area contributed by atoms with Gasteiger partial charge in [-0.3, -0.25) is 4.79 Å². The fraction of sp³-hybridized carbons (Fsp3) is 0.357. The molecule has 0 radical (unpaired) electrons. The Labute approximate surface area is 101 Å². The Morgan fingerprint density at radius 2 is 2.18 bits per heavy atom. The van der Waals surface area contributed by atoms with Crippen LogP contribution in [0.5, 0.6) is 5.75 Å². The summed E-state index contributed by atoms with van der Waals surface area (Å²) in [6, 6.07) is 7.66. The molecule has 3 heteroatoms. The maximum Gasteiger partial charge on any atom is 0.139 e. The molecule has 17 heavy (non-hydrogen) atoms. The minimum atomic E-state index is -0.242. The summed E-state index contributed by atoms with van der Waals surface area (Å²) in [7, 11) is 1.63. The van der Waals surface area contributed by atoms with Crippen LogP contribution in [0.1, 0.15) is 18.6 Å². The third-order valence-electron chi connectivity index (χ3n) is 2.96. The van der Waals surface area contributed by atoms with Crippen LogP contribution in [0.15, 0.2) is 36.4 Å². The highest BCUT2D eigenvalue weighted by Gasteiger charge is 2.29. The van der Waals surface area contributed by atoms with E-state index >= 15 is 0 Å². The average molecular weight is 232 g/mol. The molecule has 0 unspecified atom stereocenters. The molecule has 1 aromatic carbocycles. The van der Waals surface area contributed by atoms with Gasteiger partial charge in [-0.2, -0.15) is 0 Å². The number of carbonyl (C=O) groups is 1. The second kappa shape index (κ2) is 5.15. The minimum Gasteiger partial charge on any atom is -0.496 e. The molecule has 2 atom stereocenters. The van der Waals surface area contributed by atoms with E-state index in [4.69, 9.17) is 9.47 Å². The summed E-state index contributed by atoms with van der Waals surface area (Å²) in [4.78, 5) is 11.6. The lowest BCUT2D eigenvalue weighted by atomic mass is 9.90. The monoisotopic (exact) mass is 232 g/mol. The molecule has 2 rings (SSSR count). The fourth-order valence-electron chi connectivity index (χ4n) is 2.10. The quantitative estimate of drug-likeness (QED) is 0.751. The van der Waals surface area contributed by atoms with Gasteiger partial charge < -0.3 is 9.47 Å². The number of para-hydroxylation sites is 1. The summed E-state index contributed by atoms with van der Waals surface area (Å²) in [5, 5.41) is 0. The van der Waals surface area contributed by atoms with Crippen LogP contribution in [-0.4, -0.2) is 19.5 Å². The molecule has 1 aliphatic heterocycles.